The second kappa shape index (κ2) is 2.13. The predicted molar refractivity (Wildman–Crippen MR) is 30.2 cm³/mol. The van der Waals surface area contributed by atoms with Crippen LogP contribution in [0, 0.1) is 0 Å². The van der Waals surface area contributed by atoms with Crippen molar-refractivity contribution in [3.8, 4) is 0 Å². The molecule has 0 aromatic rings. The molecule has 1 rings (SSSR count). The lowest BCUT2D eigenvalue weighted by Gasteiger charge is -2.36. The third-order valence-corrected chi connectivity index (χ3v) is 1.60. The van der Waals surface area contributed by atoms with Crippen LogP contribution >= 0.6 is 0 Å². The third-order valence-electron chi connectivity index (χ3n) is 1.60. The minimum Gasteiger partial charge on any atom is -0.341 e. The molecule has 46 valence electrons. The molecule has 0 unspecified atom stereocenters. The summed E-state index contributed by atoms with van der Waals surface area (Å²) in [6.07, 6.45) is 1.94. The average molecular weight is 114 g/mol. The van der Waals surface area contributed by atoms with E-state index in [9.17, 15) is 4.79 Å². The first kappa shape index (κ1) is 5.56. The van der Waals surface area contributed by atoms with E-state index in [1.807, 2.05) is 0 Å². The quantitative estimate of drug-likeness (QED) is 0.476. The van der Waals surface area contributed by atoms with E-state index in [2.05, 4.69) is 0 Å². The highest BCUT2D eigenvalue weighted by atomic mass is 16.1. The lowest BCUT2D eigenvalue weighted by molar-refractivity contribution is -0.124. The molecular weight excluding hydrogens is 104 g/mol. The van der Waals surface area contributed by atoms with Crippen LogP contribution in [0.5, 0.6) is 0 Å². The van der Waals surface area contributed by atoms with Gasteiger partial charge in [-0.15, -0.1) is 0 Å². The van der Waals surface area contributed by atoms with Gasteiger partial charge in [-0.05, 0) is 6.42 Å². The van der Waals surface area contributed by atoms with Gasteiger partial charge in [-0.1, -0.05) is 0 Å². The van der Waals surface area contributed by atoms with E-state index in [0.717, 1.165) is 19.4 Å². The van der Waals surface area contributed by atoms with Crippen molar-refractivity contribution in [3.63, 3.8) is 0 Å². The number of hydrogen-bond acceptors (Lipinski definition) is 2. The zero-order valence-corrected chi connectivity index (χ0v) is 4.71. The number of nitrogens with two attached hydrogens (primary N) is 1. The van der Waals surface area contributed by atoms with Crippen molar-refractivity contribution >= 4 is 6.41 Å². The molecule has 0 aromatic heterocycles. The van der Waals surface area contributed by atoms with E-state index >= 15 is 0 Å². The Morgan fingerprint density at radius 1 is 1.88 bits per heavy atom. The van der Waals surface area contributed by atoms with Crippen molar-refractivity contribution in [3.05, 3.63) is 0 Å². The summed E-state index contributed by atoms with van der Waals surface area (Å²) in [6.45, 7) is 1.50. The number of hydrogen-bond donors (Lipinski definition) is 1. The number of likely N-dealkylation sites (tertiary alicyclic amines) is 1. The van der Waals surface area contributed by atoms with Gasteiger partial charge in [0.05, 0.1) is 0 Å². The van der Waals surface area contributed by atoms with E-state index in [1.54, 1.807) is 4.90 Å². The molecule has 1 aliphatic heterocycles. The zero-order valence-electron chi connectivity index (χ0n) is 4.71. The van der Waals surface area contributed by atoms with E-state index in [0.29, 0.717) is 12.6 Å². The fraction of sp³-hybridized carbons (Fsp3) is 0.800. The summed E-state index contributed by atoms with van der Waals surface area (Å²) in [5.41, 5.74) is 5.30. The Morgan fingerprint density at radius 2 is 2.62 bits per heavy atom. The van der Waals surface area contributed by atoms with E-state index in [-0.39, 0.29) is 0 Å². The Morgan fingerprint density at radius 3 is 2.75 bits per heavy atom. The second-order valence-corrected chi connectivity index (χ2v) is 2.02. The van der Waals surface area contributed by atoms with Gasteiger partial charge in [0, 0.05) is 19.1 Å². The summed E-state index contributed by atoms with van der Waals surface area (Å²) in [7, 11) is 0. The van der Waals surface area contributed by atoms with Crippen LogP contribution in [0.4, 0.5) is 0 Å². The van der Waals surface area contributed by atoms with Crippen LogP contribution < -0.4 is 5.73 Å². The number of rotatable bonds is 2. The molecule has 1 fully saturated rings. The maximum absolute atomic E-state index is 10.0. The molecule has 0 spiro atoms. The first-order chi connectivity index (χ1) is 3.88. The summed E-state index contributed by atoms with van der Waals surface area (Å²) in [5, 5.41) is 0. The molecule has 0 radical (unpaired) electrons. The molecule has 2 N–H and O–H groups in total. The number of nitrogens with zero attached hydrogens (tertiary/aromatic N) is 1. The van der Waals surface area contributed by atoms with Gasteiger partial charge >= 0.3 is 0 Å². The van der Waals surface area contributed by atoms with Crippen molar-refractivity contribution in [2.45, 2.75) is 12.5 Å². The monoisotopic (exact) mass is 114 g/mol. The van der Waals surface area contributed by atoms with Crippen molar-refractivity contribution in [2.75, 3.05) is 13.1 Å². The normalized spacial score (nSPS) is 27.1. The summed E-state index contributed by atoms with van der Waals surface area (Å²) >= 11 is 0. The fourth-order valence-corrected chi connectivity index (χ4v) is 0.853. The van der Waals surface area contributed by atoms with Gasteiger partial charge in [0.2, 0.25) is 6.41 Å². The molecule has 1 atom stereocenters. The molecule has 3 nitrogen and oxygen atoms in total. The summed E-state index contributed by atoms with van der Waals surface area (Å²) in [4.78, 5) is 11.7. The van der Waals surface area contributed by atoms with Crippen molar-refractivity contribution in [2.24, 2.45) is 5.73 Å². The molecule has 1 amide bonds. The molecule has 0 aliphatic carbocycles. The molecule has 1 aliphatic rings. The van der Waals surface area contributed by atoms with Gasteiger partial charge in [-0.25, -0.2) is 0 Å². The number of carbonyl (C=O) groups is 1. The maximum Gasteiger partial charge on any atom is 0.210 e. The van der Waals surface area contributed by atoms with Crippen LogP contribution in [-0.2, 0) is 4.79 Å². The second-order valence-electron chi connectivity index (χ2n) is 2.02. The summed E-state index contributed by atoms with van der Waals surface area (Å²) in [5.74, 6) is 0. The molecular formula is C5H10N2O. The van der Waals surface area contributed by atoms with E-state index < -0.39 is 0 Å². The van der Waals surface area contributed by atoms with Crippen LogP contribution in [0.25, 0.3) is 0 Å². The van der Waals surface area contributed by atoms with Crippen molar-refractivity contribution < 1.29 is 4.79 Å². The smallest absolute Gasteiger partial charge is 0.210 e. The molecule has 0 bridgehead atoms. The molecule has 3 heteroatoms. The van der Waals surface area contributed by atoms with Gasteiger partial charge in [-0.3, -0.25) is 4.79 Å². The predicted octanol–water partition coefficient (Wildman–Crippen LogP) is -0.824. The van der Waals surface area contributed by atoms with Gasteiger partial charge < -0.3 is 10.6 Å². The fourth-order valence-electron chi connectivity index (χ4n) is 0.853. The average Bonchev–Trinajstić information content (AvgIpc) is 1.66. The van der Waals surface area contributed by atoms with Crippen molar-refractivity contribution in [1.82, 2.24) is 4.90 Å². The Hall–Kier alpha value is -0.570. The third kappa shape index (κ3) is 0.690. The van der Waals surface area contributed by atoms with Gasteiger partial charge in [-0.2, -0.15) is 0 Å². The Bertz CT molecular complexity index is 92.4. The van der Waals surface area contributed by atoms with Gasteiger partial charge in [0.1, 0.15) is 0 Å². The van der Waals surface area contributed by atoms with Crippen LogP contribution in [0.3, 0.4) is 0 Å². The van der Waals surface area contributed by atoms with Crippen LogP contribution in [-0.4, -0.2) is 30.4 Å². The molecule has 0 saturated carbocycles. The Labute approximate surface area is 48.5 Å². The molecule has 0 aromatic carbocycles. The highest BCUT2D eigenvalue weighted by Gasteiger charge is 2.23. The van der Waals surface area contributed by atoms with Crippen LogP contribution in [0.1, 0.15) is 6.42 Å². The van der Waals surface area contributed by atoms with Crippen LogP contribution in [0.2, 0.25) is 0 Å². The first-order valence-corrected chi connectivity index (χ1v) is 2.79. The number of carbonyl (C=O) groups excluding carboxylic acids is 1. The highest BCUT2D eigenvalue weighted by Crippen LogP contribution is 2.11. The minimum absolute atomic E-state index is 0.340. The standard InChI is InChI=1S/C5H10N2O/c6-3-5-1-2-7(5)4-8/h4-5H,1-3,6H2/t5-/m0/s1. The first-order valence-electron chi connectivity index (χ1n) is 2.79. The lowest BCUT2D eigenvalue weighted by Crippen LogP contribution is -2.50. The van der Waals surface area contributed by atoms with E-state index in [1.165, 1.54) is 0 Å². The highest BCUT2D eigenvalue weighted by molar-refractivity contribution is 5.49. The largest absolute Gasteiger partial charge is 0.341 e. The Balaban J connectivity index is 2.26. The lowest BCUT2D eigenvalue weighted by atomic mass is 10.1. The van der Waals surface area contributed by atoms with Crippen molar-refractivity contribution in [1.29, 1.82) is 0 Å². The molecule has 8 heavy (non-hydrogen) atoms. The summed E-state index contributed by atoms with van der Waals surface area (Å²) in [6, 6.07) is 0.340. The molecule has 1 saturated heterocycles. The van der Waals surface area contributed by atoms with Crippen LogP contribution in [0.15, 0.2) is 0 Å². The SMILES string of the molecule is NC[C@@H]1CCN1C=O. The zero-order chi connectivity index (χ0) is 5.98. The topological polar surface area (TPSA) is 46.3 Å². The van der Waals surface area contributed by atoms with Gasteiger partial charge in [0.15, 0.2) is 0 Å². The molecule has 1 heterocycles. The Kier molecular flexibility index (Phi) is 1.48. The minimum atomic E-state index is 0.340. The van der Waals surface area contributed by atoms with E-state index in [4.69, 9.17) is 5.73 Å². The number of amides is 1. The van der Waals surface area contributed by atoms with Gasteiger partial charge in [0.25, 0.3) is 0 Å². The summed E-state index contributed by atoms with van der Waals surface area (Å²) < 4.78 is 0. The maximum atomic E-state index is 10.0.